The molecule has 0 radical (unpaired) electrons. The number of phenols is 1. The van der Waals surface area contributed by atoms with Crippen LogP contribution in [-0.4, -0.2) is 18.5 Å². The summed E-state index contributed by atoms with van der Waals surface area (Å²) in [6, 6.07) is 3.40. The lowest BCUT2D eigenvalue weighted by Crippen LogP contribution is -2.40. The average molecular weight is 333 g/mol. The van der Waals surface area contributed by atoms with Crippen LogP contribution in [0, 0.1) is 23.7 Å². The van der Waals surface area contributed by atoms with E-state index in [0.717, 1.165) is 17.6 Å². The molecule has 0 aliphatic heterocycles. The van der Waals surface area contributed by atoms with Gasteiger partial charge in [0.2, 0.25) is 0 Å². The Hall–Kier alpha value is -1.48. The predicted octanol–water partition coefficient (Wildman–Crippen LogP) is 4.67. The largest absolute Gasteiger partial charge is 0.506 e. The van der Waals surface area contributed by atoms with Gasteiger partial charge in [0.05, 0.1) is 17.7 Å². The number of carbonyl (C=O) groups is 1. The minimum atomic E-state index is -0.155. The number of aromatic hydroxyl groups is 1. The molecule has 0 atom stereocenters. The summed E-state index contributed by atoms with van der Waals surface area (Å²) in [6.07, 6.45) is 7.04. The molecule has 4 fully saturated rings. The van der Waals surface area contributed by atoms with E-state index < -0.39 is 0 Å². The van der Waals surface area contributed by atoms with Crippen LogP contribution >= 0.6 is 11.6 Å². The first-order valence-corrected chi connectivity index (χ1v) is 8.75. The minimum absolute atomic E-state index is 0.155. The zero-order chi connectivity index (χ0) is 16.1. The Labute approximate surface area is 141 Å². The first-order valence-electron chi connectivity index (χ1n) is 8.37. The van der Waals surface area contributed by atoms with Crippen molar-refractivity contribution in [1.82, 2.24) is 0 Å². The molecular weight excluding hydrogens is 312 g/mol. The molecule has 0 amide bonds. The Morgan fingerprint density at radius 3 is 2.30 bits per heavy atom. The maximum atomic E-state index is 11.0. The van der Waals surface area contributed by atoms with Gasteiger partial charge in [-0.1, -0.05) is 11.6 Å². The van der Waals surface area contributed by atoms with E-state index in [0.29, 0.717) is 23.7 Å². The maximum absolute atomic E-state index is 11.0. The minimum Gasteiger partial charge on any atom is -0.506 e. The first-order chi connectivity index (χ1) is 11.1. The molecule has 23 heavy (non-hydrogen) atoms. The number of hydrogen-bond donors (Lipinski definition) is 1. The van der Waals surface area contributed by atoms with Crippen molar-refractivity contribution >= 4 is 23.6 Å². The van der Waals surface area contributed by atoms with E-state index in [2.05, 4.69) is 0 Å². The molecule has 0 heterocycles. The summed E-state index contributed by atoms with van der Waals surface area (Å²) in [6.45, 7) is 0. The van der Waals surface area contributed by atoms with Crippen LogP contribution in [0.1, 0.15) is 48.0 Å². The second-order valence-corrected chi connectivity index (χ2v) is 7.65. The fourth-order valence-corrected chi connectivity index (χ4v) is 5.55. The van der Waals surface area contributed by atoms with Crippen molar-refractivity contribution in [3.8, 4) is 5.75 Å². The molecule has 4 heteroatoms. The van der Waals surface area contributed by atoms with Gasteiger partial charge in [-0.2, -0.15) is 0 Å². The van der Waals surface area contributed by atoms with E-state index >= 15 is 0 Å². The highest BCUT2D eigenvalue weighted by molar-refractivity contribution is 6.34. The Morgan fingerprint density at radius 2 is 1.78 bits per heavy atom. The smallest absolute Gasteiger partial charge is 0.153 e. The summed E-state index contributed by atoms with van der Waals surface area (Å²) in [5, 5.41) is 10.3. The predicted molar refractivity (Wildman–Crippen MR) is 89.5 cm³/mol. The van der Waals surface area contributed by atoms with Crippen molar-refractivity contribution in [2.75, 3.05) is 7.11 Å². The van der Waals surface area contributed by atoms with Crippen LogP contribution < -0.4 is 0 Å². The lowest BCUT2D eigenvalue weighted by atomic mass is 9.54. The first kappa shape index (κ1) is 15.1. The standard InChI is InChI=1S/C19H21ClO3/c1-23-19(15-3-2-12(9-21)18(22)17(15)20)16-13-5-10-4-11(7-13)8-14(16)6-10/h2-3,9-11,13-14,22H,4-8H2,1H3. The molecule has 4 aliphatic rings. The van der Waals surface area contributed by atoms with E-state index in [1.807, 2.05) is 0 Å². The second kappa shape index (κ2) is 5.55. The normalized spacial score (nSPS) is 31.3. The molecule has 0 aromatic heterocycles. The summed E-state index contributed by atoms with van der Waals surface area (Å²) in [5.74, 6) is 3.59. The van der Waals surface area contributed by atoms with Gasteiger partial charge in [0, 0.05) is 5.56 Å². The fraction of sp³-hybridized carbons (Fsp3) is 0.526. The topological polar surface area (TPSA) is 46.5 Å². The van der Waals surface area contributed by atoms with E-state index in [1.54, 1.807) is 19.2 Å². The number of ether oxygens (including phenoxy) is 1. The average Bonchev–Trinajstić information content (AvgIpc) is 2.53. The van der Waals surface area contributed by atoms with E-state index in [9.17, 15) is 9.90 Å². The molecule has 4 bridgehead atoms. The molecule has 0 spiro atoms. The number of carbonyl (C=O) groups excluding carboxylic acids is 1. The van der Waals surface area contributed by atoms with Crippen LogP contribution in [0.15, 0.2) is 17.7 Å². The Kier molecular flexibility index (Phi) is 3.64. The van der Waals surface area contributed by atoms with Gasteiger partial charge in [0.1, 0.15) is 11.5 Å². The molecular formula is C19H21ClO3. The SMILES string of the molecule is COC(=C1C2CC3CC(C2)CC1C3)c1ccc(C=O)c(O)c1Cl. The molecule has 0 unspecified atom stereocenters. The highest BCUT2D eigenvalue weighted by Crippen LogP contribution is 2.58. The van der Waals surface area contributed by atoms with E-state index in [1.165, 1.54) is 37.7 Å². The van der Waals surface area contributed by atoms with Crippen molar-refractivity contribution in [2.45, 2.75) is 32.1 Å². The van der Waals surface area contributed by atoms with Gasteiger partial charge in [-0.15, -0.1) is 0 Å². The van der Waals surface area contributed by atoms with Gasteiger partial charge in [-0.05, 0) is 73.5 Å². The Balaban J connectivity index is 1.83. The molecule has 122 valence electrons. The summed E-state index contributed by atoms with van der Waals surface area (Å²) in [4.78, 5) is 11.0. The van der Waals surface area contributed by atoms with Crippen molar-refractivity contribution in [3.63, 3.8) is 0 Å². The van der Waals surface area contributed by atoms with Gasteiger partial charge in [-0.3, -0.25) is 4.79 Å². The second-order valence-electron chi connectivity index (χ2n) is 7.28. The van der Waals surface area contributed by atoms with Crippen LogP contribution in [0.3, 0.4) is 0 Å². The molecule has 5 rings (SSSR count). The van der Waals surface area contributed by atoms with Gasteiger partial charge in [-0.25, -0.2) is 0 Å². The van der Waals surface area contributed by atoms with Crippen LogP contribution in [-0.2, 0) is 4.74 Å². The lowest BCUT2D eigenvalue weighted by molar-refractivity contribution is 0.0675. The van der Waals surface area contributed by atoms with Crippen molar-refractivity contribution in [2.24, 2.45) is 23.7 Å². The van der Waals surface area contributed by atoms with Crippen LogP contribution in [0.5, 0.6) is 5.75 Å². The number of phenolic OH excluding ortho intramolecular Hbond substituents is 1. The quantitative estimate of drug-likeness (QED) is 0.646. The number of allylic oxidation sites excluding steroid dienone is 1. The molecule has 0 saturated heterocycles. The van der Waals surface area contributed by atoms with Gasteiger partial charge in [0.15, 0.2) is 6.29 Å². The van der Waals surface area contributed by atoms with Crippen molar-refractivity contribution in [1.29, 1.82) is 0 Å². The van der Waals surface area contributed by atoms with Crippen LogP contribution in [0.25, 0.3) is 5.76 Å². The fourth-order valence-electron chi connectivity index (χ4n) is 5.30. The third kappa shape index (κ3) is 2.28. The number of hydrogen-bond acceptors (Lipinski definition) is 3. The summed E-state index contributed by atoms with van der Waals surface area (Å²) < 4.78 is 5.77. The number of aldehydes is 1. The van der Waals surface area contributed by atoms with Gasteiger partial charge in [0.25, 0.3) is 0 Å². The number of halogens is 1. The molecule has 1 N–H and O–H groups in total. The summed E-state index contributed by atoms with van der Waals surface area (Å²) >= 11 is 6.34. The third-order valence-electron chi connectivity index (χ3n) is 6.00. The zero-order valence-electron chi connectivity index (χ0n) is 13.2. The lowest BCUT2D eigenvalue weighted by Gasteiger charge is -2.51. The van der Waals surface area contributed by atoms with Crippen molar-refractivity contribution < 1.29 is 14.6 Å². The Bertz CT molecular complexity index is 662. The van der Waals surface area contributed by atoms with E-state index in [4.69, 9.17) is 16.3 Å². The summed E-state index contributed by atoms with van der Waals surface area (Å²) in [5.41, 5.74) is 2.31. The van der Waals surface area contributed by atoms with Crippen molar-refractivity contribution in [3.05, 3.63) is 33.9 Å². The number of methoxy groups -OCH3 is 1. The third-order valence-corrected chi connectivity index (χ3v) is 6.39. The molecule has 4 saturated carbocycles. The molecule has 1 aromatic rings. The Morgan fingerprint density at radius 1 is 1.17 bits per heavy atom. The number of benzene rings is 1. The van der Waals surface area contributed by atoms with Gasteiger partial charge < -0.3 is 9.84 Å². The zero-order valence-corrected chi connectivity index (χ0v) is 14.0. The van der Waals surface area contributed by atoms with Gasteiger partial charge >= 0.3 is 0 Å². The molecule has 1 aromatic carbocycles. The summed E-state index contributed by atoms with van der Waals surface area (Å²) in [7, 11) is 1.68. The maximum Gasteiger partial charge on any atom is 0.153 e. The van der Waals surface area contributed by atoms with E-state index in [-0.39, 0.29) is 16.3 Å². The monoisotopic (exact) mass is 332 g/mol. The molecule has 3 nitrogen and oxygen atoms in total. The van der Waals surface area contributed by atoms with Crippen LogP contribution in [0.2, 0.25) is 5.02 Å². The highest BCUT2D eigenvalue weighted by Gasteiger charge is 2.46. The molecule has 4 aliphatic carbocycles. The van der Waals surface area contributed by atoms with Crippen LogP contribution in [0.4, 0.5) is 0 Å². The highest BCUT2D eigenvalue weighted by atomic mass is 35.5. The number of rotatable bonds is 3.